The van der Waals surface area contributed by atoms with Gasteiger partial charge in [-0.1, -0.05) is 12.1 Å². The zero-order chi connectivity index (χ0) is 19.6. The highest BCUT2D eigenvalue weighted by atomic mass is 31.2. The Morgan fingerprint density at radius 1 is 1.15 bits per heavy atom. The van der Waals surface area contributed by atoms with Crippen molar-refractivity contribution >= 4 is 19.5 Å². The minimum Gasteiger partial charge on any atom is -0.319 e. The first-order chi connectivity index (χ1) is 12.0. The number of likely N-dealkylation sites (tertiary alicyclic amines) is 1. The van der Waals surface area contributed by atoms with Crippen LogP contribution in [0.4, 0.5) is 10.5 Å². The molecule has 1 saturated heterocycles. The minimum absolute atomic E-state index is 0.178. The van der Waals surface area contributed by atoms with Gasteiger partial charge < -0.3 is 14.7 Å². The molecule has 1 fully saturated rings. The number of benzene rings is 1. The molecule has 26 heavy (non-hydrogen) atoms. The average molecular weight is 383 g/mol. The lowest BCUT2D eigenvalue weighted by atomic mass is 10.0. The van der Waals surface area contributed by atoms with Crippen molar-refractivity contribution in [2.24, 2.45) is 0 Å². The monoisotopic (exact) mass is 383 g/mol. The molecule has 1 unspecified atom stereocenters. The topological polar surface area (TPSA) is 84.3 Å². The molecule has 8 heteroatoms. The summed E-state index contributed by atoms with van der Waals surface area (Å²) in [7, 11) is -2.74. The highest BCUT2D eigenvalue weighted by Crippen LogP contribution is 2.45. The fourth-order valence-electron chi connectivity index (χ4n) is 3.69. The predicted molar refractivity (Wildman–Crippen MR) is 103 cm³/mol. The maximum atomic E-state index is 12.9. The van der Waals surface area contributed by atoms with Crippen LogP contribution in [0.3, 0.4) is 0 Å². The van der Waals surface area contributed by atoms with Crippen LogP contribution in [0.25, 0.3) is 0 Å². The molecular formula is C18H30N3O4P. The van der Waals surface area contributed by atoms with Crippen LogP contribution in [-0.4, -0.2) is 51.3 Å². The Bertz CT molecular complexity index is 664. The first-order valence-electron chi connectivity index (χ1n) is 9.02. The highest BCUT2D eigenvalue weighted by molar-refractivity contribution is 7.54. The van der Waals surface area contributed by atoms with Gasteiger partial charge in [-0.15, -0.1) is 0 Å². The molecule has 0 spiro atoms. The van der Waals surface area contributed by atoms with E-state index in [9.17, 15) is 19.1 Å². The van der Waals surface area contributed by atoms with Crippen LogP contribution in [0.2, 0.25) is 0 Å². The third kappa shape index (κ3) is 4.46. The van der Waals surface area contributed by atoms with Gasteiger partial charge in [0, 0.05) is 18.1 Å². The maximum Gasteiger partial charge on any atom is 0.438 e. The number of anilines is 1. The van der Waals surface area contributed by atoms with Crippen molar-refractivity contribution in [2.45, 2.75) is 58.7 Å². The molecule has 1 atom stereocenters. The molecule has 0 aromatic heterocycles. The molecule has 7 nitrogen and oxygen atoms in total. The molecule has 1 aliphatic rings. The number of rotatable bonds is 5. The first kappa shape index (κ1) is 20.9. The van der Waals surface area contributed by atoms with Gasteiger partial charge in [-0.3, -0.25) is 4.90 Å². The molecule has 1 aromatic rings. The predicted octanol–water partition coefficient (Wildman–Crippen LogP) is 3.59. The molecule has 1 aromatic carbocycles. The molecule has 2 amide bonds. The van der Waals surface area contributed by atoms with Crippen molar-refractivity contribution in [3.8, 4) is 0 Å². The van der Waals surface area contributed by atoms with Gasteiger partial charge in [-0.05, 0) is 71.8 Å². The number of carbonyl (C=O) groups excluding carboxylic acids is 1. The lowest BCUT2D eigenvalue weighted by Crippen LogP contribution is -2.48. The maximum absolute atomic E-state index is 12.9. The number of urea groups is 1. The second-order valence-corrected chi connectivity index (χ2v) is 8.86. The van der Waals surface area contributed by atoms with Crippen molar-refractivity contribution in [2.75, 3.05) is 18.3 Å². The third-order valence-corrected chi connectivity index (χ3v) is 5.74. The van der Waals surface area contributed by atoms with Gasteiger partial charge in [0.1, 0.15) is 0 Å². The van der Waals surface area contributed by atoms with E-state index in [4.69, 9.17) is 0 Å². The van der Waals surface area contributed by atoms with Gasteiger partial charge in [0.25, 0.3) is 0 Å². The smallest absolute Gasteiger partial charge is 0.319 e. The molecule has 1 heterocycles. The van der Waals surface area contributed by atoms with Crippen LogP contribution in [0, 0.1) is 0 Å². The van der Waals surface area contributed by atoms with E-state index in [0.717, 1.165) is 24.9 Å². The number of carbonyl (C=O) groups is 1. The Morgan fingerprint density at radius 3 is 2.08 bits per heavy atom. The highest BCUT2D eigenvalue weighted by Gasteiger charge is 2.37. The Hall–Kier alpha value is -1.40. The zero-order valence-electron chi connectivity index (χ0n) is 16.2. The molecule has 0 aliphatic carbocycles. The summed E-state index contributed by atoms with van der Waals surface area (Å²) in [6.45, 7) is 8.35. The van der Waals surface area contributed by atoms with Gasteiger partial charge in [0.05, 0.1) is 5.69 Å². The van der Waals surface area contributed by atoms with Crippen LogP contribution < -0.4 is 4.67 Å². The van der Waals surface area contributed by atoms with Crippen molar-refractivity contribution < 1.29 is 19.1 Å². The van der Waals surface area contributed by atoms with Gasteiger partial charge in [0.2, 0.25) is 0 Å². The lowest BCUT2D eigenvalue weighted by Gasteiger charge is -2.36. The van der Waals surface area contributed by atoms with E-state index in [1.54, 1.807) is 12.1 Å². The second-order valence-electron chi connectivity index (χ2n) is 7.43. The van der Waals surface area contributed by atoms with Crippen molar-refractivity contribution in [3.05, 3.63) is 29.8 Å². The Kier molecular flexibility index (Phi) is 6.51. The van der Waals surface area contributed by atoms with Crippen LogP contribution in [0.1, 0.15) is 52.1 Å². The minimum atomic E-state index is -4.81. The summed E-state index contributed by atoms with van der Waals surface area (Å²) in [6.07, 6.45) is 2.19. The first-order valence-corrected chi connectivity index (χ1v) is 10.6. The number of hydrogen-bond donors (Lipinski definition) is 2. The van der Waals surface area contributed by atoms with Gasteiger partial charge in [-0.25, -0.2) is 9.36 Å². The third-order valence-electron chi connectivity index (χ3n) is 4.82. The van der Waals surface area contributed by atoms with Crippen LogP contribution in [0.5, 0.6) is 0 Å². The summed E-state index contributed by atoms with van der Waals surface area (Å²) in [5, 5.41) is 0. The van der Waals surface area contributed by atoms with Crippen LogP contribution >= 0.6 is 7.75 Å². The SMILES string of the molecule is CC(C)N(C(=O)N(c1ccc(C2CCCN2C)cc1)P(=O)(O)O)C(C)C. The molecule has 1 aliphatic heterocycles. The van der Waals surface area contributed by atoms with Gasteiger partial charge in [-0.2, -0.15) is 4.67 Å². The fourth-order valence-corrected chi connectivity index (χ4v) is 4.45. The van der Waals surface area contributed by atoms with E-state index in [2.05, 4.69) is 11.9 Å². The van der Waals surface area contributed by atoms with Gasteiger partial charge in [0.15, 0.2) is 0 Å². The quantitative estimate of drug-likeness (QED) is 0.759. The van der Waals surface area contributed by atoms with E-state index < -0.39 is 13.8 Å². The summed E-state index contributed by atoms with van der Waals surface area (Å²) < 4.78 is 12.7. The molecule has 0 bridgehead atoms. The van der Waals surface area contributed by atoms with E-state index >= 15 is 0 Å². The summed E-state index contributed by atoms with van der Waals surface area (Å²) in [6, 6.07) is 6.22. The molecule has 146 valence electrons. The summed E-state index contributed by atoms with van der Waals surface area (Å²) in [4.78, 5) is 36.3. The Labute approximate surface area is 155 Å². The lowest BCUT2D eigenvalue weighted by molar-refractivity contribution is 0.173. The van der Waals surface area contributed by atoms with E-state index in [0.29, 0.717) is 10.7 Å². The fraction of sp³-hybridized carbons (Fsp3) is 0.611. The Morgan fingerprint density at radius 2 is 1.69 bits per heavy atom. The largest absolute Gasteiger partial charge is 0.438 e. The van der Waals surface area contributed by atoms with Gasteiger partial charge >= 0.3 is 13.8 Å². The summed E-state index contributed by atoms with van der Waals surface area (Å²) >= 11 is 0. The average Bonchev–Trinajstić information content (AvgIpc) is 2.92. The van der Waals surface area contributed by atoms with E-state index in [1.165, 1.54) is 4.90 Å². The van der Waals surface area contributed by atoms with Crippen LogP contribution in [0.15, 0.2) is 24.3 Å². The van der Waals surface area contributed by atoms with Crippen LogP contribution in [-0.2, 0) is 4.57 Å². The standard InChI is InChI=1S/C18H30N3O4P/c1-13(2)20(14(3)4)18(22)21(26(23,24)25)16-10-8-15(9-11-16)17-7-6-12-19(17)5/h8-11,13-14,17H,6-7,12H2,1-5H3,(H2,23,24,25). The number of amides is 2. The van der Waals surface area contributed by atoms with E-state index in [1.807, 2.05) is 39.8 Å². The molecular weight excluding hydrogens is 353 g/mol. The number of nitrogens with zero attached hydrogens (tertiary/aromatic N) is 3. The zero-order valence-corrected chi connectivity index (χ0v) is 17.1. The van der Waals surface area contributed by atoms with Crippen molar-refractivity contribution in [1.82, 2.24) is 9.80 Å². The molecule has 0 radical (unpaired) electrons. The number of hydrogen-bond acceptors (Lipinski definition) is 3. The molecule has 2 N–H and O–H groups in total. The van der Waals surface area contributed by atoms with Crippen molar-refractivity contribution in [1.29, 1.82) is 0 Å². The van der Waals surface area contributed by atoms with Crippen molar-refractivity contribution in [3.63, 3.8) is 0 Å². The molecule has 0 saturated carbocycles. The second kappa shape index (κ2) is 8.09. The normalized spacial score (nSPS) is 18.6. The Balaban J connectivity index is 2.36. The molecule has 2 rings (SSSR count). The summed E-state index contributed by atoms with van der Waals surface area (Å²) in [5.74, 6) is 0. The van der Waals surface area contributed by atoms with E-state index in [-0.39, 0.29) is 17.8 Å². The summed E-state index contributed by atoms with van der Waals surface area (Å²) in [5.41, 5.74) is 1.30.